The average molecular weight is 157 g/mol. The average Bonchev–Trinajstić information content (AvgIpc) is 2.52. The summed E-state index contributed by atoms with van der Waals surface area (Å²) in [7, 11) is 1.62. The molecule has 2 amide bonds. The summed E-state index contributed by atoms with van der Waals surface area (Å²) in [6, 6.07) is 0.381. The summed E-state index contributed by atoms with van der Waals surface area (Å²) < 4.78 is 0. The molecule has 1 aliphatic rings. The third kappa shape index (κ3) is 2.76. The van der Waals surface area contributed by atoms with E-state index >= 15 is 0 Å². The molecule has 1 atom stereocenters. The van der Waals surface area contributed by atoms with Gasteiger partial charge >= 0.3 is 6.03 Å². The van der Waals surface area contributed by atoms with Gasteiger partial charge in [0.2, 0.25) is 0 Å². The molecule has 1 rings (SSSR count). The molecule has 1 unspecified atom stereocenters. The first-order valence-corrected chi connectivity index (χ1v) is 4.02. The summed E-state index contributed by atoms with van der Waals surface area (Å²) in [6.07, 6.45) is 2.39. The number of carbonyl (C=O) groups is 1. The van der Waals surface area contributed by atoms with E-state index in [1.54, 1.807) is 7.05 Å². The molecular formula is C7H15N3O. The Labute approximate surface area is 66.7 Å². The second-order valence-corrected chi connectivity index (χ2v) is 2.75. The topological polar surface area (TPSA) is 53.2 Å². The van der Waals surface area contributed by atoms with Gasteiger partial charge in [-0.15, -0.1) is 0 Å². The Bertz CT molecular complexity index is 132. The molecule has 0 aliphatic carbocycles. The predicted molar refractivity (Wildman–Crippen MR) is 43.5 cm³/mol. The monoisotopic (exact) mass is 157 g/mol. The summed E-state index contributed by atoms with van der Waals surface area (Å²) in [5.41, 5.74) is 0. The summed E-state index contributed by atoms with van der Waals surface area (Å²) in [5.74, 6) is 0. The minimum Gasteiger partial charge on any atom is -0.341 e. The molecule has 0 saturated carbocycles. The van der Waals surface area contributed by atoms with Gasteiger partial charge < -0.3 is 16.0 Å². The van der Waals surface area contributed by atoms with Gasteiger partial charge in [0.15, 0.2) is 0 Å². The van der Waals surface area contributed by atoms with Gasteiger partial charge in [-0.25, -0.2) is 4.79 Å². The number of urea groups is 1. The maximum absolute atomic E-state index is 10.7. The van der Waals surface area contributed by atoms with Crippen LogP contribution < -0.4 is 16.0 Å². The largest absolute Gasteiger partial charge is 0.341 e. The lowest BCUT2D eigenvalue weighted by Crippen LogP contribution is -2.41. The van der Waals surface area contributed by atoms with E-state index in [0.29, 0.717) is 6.04 Å². The summed E-state index contributed by atoms with van der Waals surface area (Å²) in [6.45, 7) is 1.82. The number of nitrogens with one attached hydrogen (secondary N) is 3. The fraction of sp³-hybridized carbons (Fsp3) is 0.857. The van der Waals surface area contributed by atoms with Crippen LogP contribution in [0.1, 0.15) is 12.8 Å². The maximum atomic E-state index is 10.7. The van der Waals surface area contributed by atoms with Gasteiger partial charge in [-0.2, -0.15) is 0 Å². The molecule has 11 heavy (non-hydrogen) atoms. The second kappa shape index (κ2) is 4.18. The van der Waals surface area contributed by atoms with Crippen LogP contribution in [-0.4, -0.2) is 32.2 Å². The van der Waals surface area contributed by atoms with Gasteiger partial charge in [0, 0.05) is 19.6 Å². The van der Waals surface area contributed by atoms with E-state index in [1.807, 2.05) is 0 Å². The van der Waals surface area contributed by atoms with Crippen molar-refractivity contribution in [2.45, 2.75) is 18.9 Å². The zero-order valence-corrected chi connectivity index (χ0v) is 6.81. The number of carbonyl (C=O) groups excluding carboxylic acids is 1. The number of rotatable bonds is 2. The van der Waals surface area contributed by atoms with Crippen molar-refractivity contribution < 1.29 is 4.79 Å². The van der Waals surface area contributed by atoms with Crippen LogP contribution >= 0.6 is 0 Å². The van der Waals surface area contributed by atoms with Gasteiger partial charge in [-0.3, -0.25) is 0 Å². The first kappa shape index (κ1) is 8.33. The molecule has 1 fully saturated rings. The normalized spacial score (nSPS) is 23.2. The molecular weight excluding hydrogens is 142 g/mol. The van der Waals surface area contributed by atoms with Crippen molar-refractivity contribution in [1.29, 1.82) is 0 Å². The Kier molecular flexibility index (Phi) is 3.16. The smallest absolute Gasteiger partial charge is 0.314 e. The minimum absolute atomic E-state index is 0.0984. The van der Waals surface area contributed by atoms with Crippen molar-refractivity contribution in [3.8, 4) is 0 Å². The van der Waals surface area contributed by atoms with Gasteiger partial charge in [-0.1, -0.05) is 0 Å². The maximum Gasteiger partial charge on any atom is 0.314 e. The molecule has 1 saturated heterocycles. The number of hydrogen-bond donors (Lipinski definition) is 3. The molecule has 0 aromatic rings. The highest BCUT2D eigenvalue weighted by atomic mass is 16.2. The van der Waals surface area contributed by atoms with E-state index in [-0.39, 0.29) is 6.03 Å². The van der Waals surface area contributed by atoms with Crippen LogP contribution in [0.2, 0.25) is 0 Å². The molecule has 0 spiro atoms. The van der Waals surface area contributed by atoms with E-state index in [0.717, 1.165) is 13.1 Å². The van der Waals surface area contributed by atoms with Crippen molar-refractivity contribution in [2.75, 3.05) is 20.1 Å². The zero-order valence-electron chi connectivity index (χ0n) is 6.81. The second-order valence-electron chi connectivity index (χ2n) is 2.75. The lowest BCUT2D eigenvalue weighted by atomic mass is 10.2. The molecule has 64 valence electrons. The van der Waals surface area contributed by atoms with E-state index in [1.165, 1.54) is 12.8 Å². The Morgan fingerprint density at radius 2 is 2.55 bits per heavy atom. The van der Waals surface area contributed by atoms with E-state index < -0.39 is 0 Å². The van der Waals surface area contributed by atoms with Crippen LogP contribution in [0.15, 0.2) is 0 Å². The molecule has 4 nitrogen and oxygen atoms in total. The summed E-state index contributed by atoms with van der Waals surface area (Å²) in [4.78, 5) is 10.7. The van der Waals surface area contributed by atoms with Gasteiger partial charge in [0.25, 0.3) is 0 Å². The Balaban J connectivity index is 2.06. The fourth-order valence-corrected chi connectivity index (χ4v) is 1.24. The van der Waals surface area contributed by atoms with Gasteiger partial charge in [-0.05, 0) is 19.4 Å². The lowest BCUT2D eigenvalue weighted by Gasteiger charge is -2.10. The van der Waals surface area contributed by atoms with Crippen LogP contribution in [0.4, 0.5) is 4.79 Å². The third-order valence-electron chi connectivity index (χ3n) is 1.90. The van der Waals surface area contributed by atoms with Crippen molar-refractivity contribution >= 4 is 6.03 Å². The van der Waals surface area contributed by atoms with Crippen molar-refractivity contribution in [2.24, 2.45) is 0 Å². The molecule has 0 radical (unpaired) electrons. The summed E-state index contributed by atoms with van der Waals surface area (Å²) >= 11 is 0. The highest BCUT2D eigenvalue weighted by Gasteiger charge is 2.13. The standard InChI is InChI=1S/C7H15N3O/c1-8-7(11)10-5-6-3-2-4-9-6/h6,9H,2-5H2,1H3,(H2,8,10,11). The van der Waals surface area contributed by atoms with Crippen LogP contribution in [-0.2, 0) is 0 Å². The molecule has 1 aliphatic heterocycles. The molecule has 4 heteroatoms. The number of amides is 2. The number of hydrogen-bond acceptors (Lipinski definition) is 2. The minimum atomic E-state index is -0.0984. The first-order chi connectivity index (χ1) is 5.33. The zero-order chi connectivity index (χ0) is 8.10. The molecule has 0 bridgehead atoms. The van der Waals surface area contributed by atoms with Crippen molar-refractivity contribution in [3.63, 3.8) is 0 Å². The molecule has 0 aromatic heterocycles. The Hall–Kier alpha value is -0.770. The van der Waals surface area contributed by atoms with Crippen LogP contribution in [0, 0.1) is 0 Å². The van der Waals surface area contributed by atoms with Crippen LogP contribution in [0.3, 0.4) is 0 Å². The lowest BCUT2D eigenvalue weighted by molar-refractivity contribution is 0.242. The van der Waals surface area contributed by atoms with Crippen LogP contribution in [0.5, 0.6) is 0 Å². The van der Waals surface area contributed by atoms with E-state index in [9.17, 15) is 4.79 Å². The van der Waals surface area contributed by atoms with Crippen molar-refractivity contribution in [1.82, 2.24) is 16.0 Å². The fourth-order valence-electron chi connectivity index (χ4n) is 1.24. The first-order valence-electron chi connectivity index (χ1n) is 4.02. The third-order valence-corrected chi connectivity index (χ3v) is 1.90. The predicted octanol–water partition coefficient (Wildman–Crippen LogP) is -0.333. The van der Waals surface area contributed by atoms with Crippen molar-refractivity contribution in [3.05, 3.63) is 0 Å². The summed E-state index contributed by atoms with van der Waals surface area (Å²) in [5, 5.41) is 8.57. The molecule has 1 heterocycles. The quantitative estimate of drug-likeness (QED) is 0.514. The molecule has 3 N–H and O–H groups in total. The van der Waals surface area contributed by atoms with E-state index in [2.05, 4.69) is 16.0 Å². The van der Waals surface area contributed by atoms with Crippen LogP contribution in [0.25, 0.3) is 0 Å². The Morgan fingerprint density at radius 1 is 1.73 bits per heavy atom. The Morgan fingerprint density at radius 3 is 3.09 bits per heavy atom. The highest BCUT2D eigenvalue weighted by molar-refractivity contribution is 5.73. The SMILES string of the molecule is CNC(=O)NCC1CCCN1. The molecule has 0 aromatic carbocycles. The van der Waals surface area contributed by atoms with Gasteiger partial charge in [0.05, 0.1) is 0 Å². The van der Waals surface area contributed by atoms with E-state index in [4.69, 9.17) is 0 Å². The van der Waals surface area contributed by atoms with Gasteiger partial charge in [0.1, 0.15) is 0 Å². The highest BCUT2D eigenvalue weighted by Crippen LogP contribution is 2.02.